The van der Waals surface area contributed by atoms with Gasteiger partial charge in [-0.25, -0.2) is 4.98 Å². The summed E-state index contributed by atoms with van der Waals surface area (Å²) in [5.41, 5.74) is 3.80. The summed E-state index contributed by atoms with van der Waals surface area (Å²) in [6, 6.07) is 17.1. The topological polar surface area (TPSA) is 33.2 Å². The van der Waals surface area contributed by atoms with Crippen molar-refractivity contribution >= 4 is 27.5 Å². The summed E-state index contributed by atoms with van der Waals surface area (Å²) in [5, 5.41) is 1.07. The highest BCUT2D eigenvalue weighted by Crippen LogP contribution is 2.25. The maximum atomic E-state index is 12.6. The average Bonchev–Trinajstić information content (AvgIpc) is 3.15. The lowest BCUT2D eigenvalue weighted by molar-refractivity contribution is -0.132. The first-order chi connectivity index (χ1) is 13.7. The number of piperidine rings is 1. The number of likely N-dealkylation sites (tertiary alicyclic amines) is 1. The van der Waals surface area contributed by atoms with Crippen molar-refractivity contribution in [1.82, 2.24) is 9.88 Å². The van der Waals surface area contributed by atoms with Gasteiger partial charge < -0.3 is 4.90 Å². The van der Waals surface area contributed by atoms with Crippen molar-refractivity contribution in [3.8, 4) is 0 Å². The molecule has 0 atom stereocenters. The molecule has 2 aromatic carbocycles. The zero-order chi connectivity index (χ0) is 19.3. The van der Waals surface area contributed by atoms with Crippen molar-refractivity contribution in [3.05, 3.63) is 64.7 Å². The Morgan fingerprint density at radius 2 is 1.82 bits per heavy atom. The number of aromatic nitrogens is 1. The molecule has 0 bridgehead atoms. The molecule has 0 saturated carbocycles. The monoisotopic (exact) mass is 392 g/mol. The number of benzene rings is 2. The zero-order valence-electron chi connectivity index (χ0n) is 16.6. The van der Waals surface area contributed by atoms with E-state index in [4.69, 9.17) is 0 Å². The van der Waals surface area contributed by atoms with Gasteiger partial charge >= 0.3 is 0 Å². The third-order valence-corrected chi connectivity index (χ3v) is 6.92. The van der Waals surface area contributed by atoms with Gasteiger partial charge in [0.05, 0.1) is 15.2 Å². The van der Waals surface area contributed by atoms with Gasteiger partial charge in [0.2, 0.25) is 5.91 Å². The Bertz CT molecular complexity index is 890. The number of rotatable bonds is 6. The van der Waals surface area contributed by atoms with Crippen molar-refractivity contribution in [2.24, 2.45) is 5.92 Å². The molecule has 2 heterocycles. The number of fused-ring (bicyclic) bond motifs is 1. The third-order valence-electron chi connectivity index (χ3n) is 5.82. The van der Waals surface area contributed by atoms with Crippen LogP contribution in [0.1, 0.15) is 41.8 Å². The molecule has 0 aliphatic carbocycles. The molecule has 1 saturated heterocycles. The van der Waals surface area contributed by atoms with E-state index in [0.29, 0.717) is 6.42 Å². The highest BCUT2D eigenvalue weighted by molar-refractivity contribution is 7.18. The number of para-hydroxylation sites is 1. The van der Waals surface area contributed by atoms with Crippen molar-refractivity contribution in [1.29, 1.82) is 0 Å². The van der Waals surface area contributed by atoms with Crippen LogP contribution in [0.3, 0.4) is 0 Å². The average molecular weight is 393 g/mol. The minimum atomic E-state index is 0.288. The molecule has 1 aliphatic heterocycles. The second kappa shape index (κ2) is 8.87. The standard InChI is InChI=1S/C24H28N2OS/c1-18-6-8-19(9-7-18)10-11-20-14-16-26(17-15-20)24(27)13-12-23-25-21-4-2-3-5-22(21)28-23/h2-9,20H,10-17H2,1H3. The molecule has 4 heteroatoms. The van der Waals surface area contributed by atoms with Crippen LogP contribution >= 0.6 is 11.3 Å². The van der Waals surface area contributed by atoms with Gasteiger partial charge in [0.1, 0.15) is 0 Å². The Hall–Kier alpha value is -2.20. The predicted molar refractivity (Wildman–Crippen MR) is 117 cm³/mol. The van der Waals surface area contributed by atoms with Crippen LogP contribution in [0.2, 0.25) is 0 Å². The predicted octanol–water partition coefficient (Wildman–Crippen LogP) is 5.41. The van der Waals surface area contributed by atoms with Crippen LogP contribution in [0.15, 0.2) is 48.5 Å². The molecule has 0 spiro atoms. The van der Waals surface area contributed by atoms with Gasteiger partial charge in [0, 0.05) is 25.9 Å². The maximum Gasteiger partial charge on any atom is 0.222 e. The third kappa shape index (κ3) is 4.79. The first kappa shape index (κ1) is 19.1. The summed E-state index contributed by atoms with van der Waals surface area (Å²) >= 11 is 1.71. The highest BCUT2D eigenvalue weighted by Gasteiger charge is 2.22. The van der Waals surface area contributed by atoms with E-state index in [-0.39, 0.29) is 5.91 Å². The number of carbonyl (C=O) groups is 1. The molecule has 28 heavy (non-hydrogen) atoms. The molecular formula is C24H28N2OS. The minimum Gasteiger partial charge on any atom is -0.343 e. The first-order valence-electron chi connectivity index (χ1n) is 10.3. The van der Waals surface area contributed by atoms with Gasteiger partial charge in [0.15, 0.2) is 0 Å². The molecule has 1 fully saturated rings. The van der Waals surface area contributed by atoms with Crippen molar-refractivity contribution < 1.29 is 4.79 Å². The Kier molecular flexibility index (Phi) is 6.06. The van der Waals surface area contributed by atoms with Crippen LogP contribution < -0.4 is 0 Å². The molecule has 1 amide bonds. The largest absolute Gasteiger partial charge is 0.343 e. The molecule has 0 N–H and O–H groups in total. The molecule has 3 aromatic rings. The van der Waals surface area contributed by atoms with E-state index < -0.39 is 0 Å². The Morgan fingerprint density at radius 3 is 2.57 bits per heavy atom. The summed E-state index contributed by atoms with van der Waals surface area (Å²) in [5.74, 6) is 1.03. The Labute approximate surface area is 171 Å². The van der Waals surface area contributed by atoms with Crippen LogP contribution in [0.5, 0.6) is 0 Å². The normalized spacial score (nSPS) is 15.2. The van der Waals surface area contributed by atoms with Gasteiger partial charge in [-0.2, -0.15) is 0 Å². The van der Waals surface area contributed by atoms with Crippen LogP contribution in [0.4, 0.5) is 0 Å². The van der Waals surface area contributed by atoms with E-state index >= 15 is 0 Å². The second-order valence-corrected chi connectivity index (χ2v) is 9.04. The quantitative estimate of drug-likeness (QED) is 0.562. The van der Waals surface area contributed by atoms with E-state index in [1.807, 2.05) is 18.2 Å². The molecule has 4 rings (SSSR count). The SMILES string of the molecule is Cc1ccc(CCC2CCN(C(=O)CCc3nc4ccccc4s3)CC2)cc1. The van der Waals surface area contributed by atoms with Gasteiger partial charge in [-0.3, -0.25) is 4.79 Å². The number of hydrogen-bond donors (Lipinski definition) is 0. The van der Waals surface area contributed by atoms with Gasteiger partial charge in [-0.1, -0.05) is 42.0 Å². The number of thiazole rings is 1. The summed E-state index contributed by atoms with van der Waals surface area (Å²) in [6.07, 6.45) is 5.99. The summed E-state index contributed by atoms with van der Waals surface area (Å²) in [7, 11) is 0. The second-order valence-electron chi connectivity index (χ2n) is 7.92. The van der Waals surface area contributed by atoms with E-state index in [1.54, 1.807) is 11.3 Å². The van der Waals surface area contributed by atoms with Crippen LogP contribution in [-0.4, -0.2) is 28.9 Å². The molecule has 0 unspecified atom stereocenters. The lowest BCUT2D eigenvalue weighted by atomic mass is 9.90. The number of carbonyl (C=O) groups excluding carboxylic acids is 1. The molecular weight excluding hydrogens is 364 g/mol. The van der Waals surface area contributed by atoms with Gasteiger partial charge in [0.25, 0.3) is 0 Å². The maximum absolute atomic E-state index is 12.6. The van der Waals surface area contributed by atoms with Crippen molar-refractivity contribution in [3.63, 3.8) is 0 Å². The van der Waals surface area contributed by atoms with E-state index in [2.05, 4.69) is 47.1 Å². The smallest absolute Gasteiger partial charge is 0.222 e. The molecule has 1 aliphatic rings. The number of nitrogens with zero attached hydrogens (tertiary/aromatic N) is 2. The van der Waals surface area contributed by atoms with E-state index in [1.165, 1.54) is 22.2 Å². The fourth-order valence-corrected chi connectivity index (χ4v) is 4.96. The van der Waals surface area contributed by atoms with Gasteiger partial charge in [-0.15, -0.1) is 11.3 Å². The minimum absolute atomic E-state index is 0.288. The Balaban J connectivity index is 1.20. The lowest BCUT2D eigenvalue weighted by Crippen LogP contribution is -2.38. The number of aryl methyl sites for hydroxylation is 3. The van der Waals surface area contributed by atoms with E-state index in [0.717, 1.165) is 55.2 Å². The molecule has 3 nitrogen and oxygen atoms in total. The molecule has 0 radical (unpaired) electrons. The first-order valence-corrected chi connectivity index (χ1v) is 11.2. The highest BCUT2D eigenvalue weighted by atomic mass is 32.1. The lowest BCUT2D eigenvalue weighted by Gasteiger charge is -2.32. The van der Waals surface area contributed by atoms with Crippen molar-refractivity contribution in [2.45, 2.75) is 45.4 Å². The summed E-state index contributed by atoms with van der Waals surface area (Å²) in [6.45, 7) is 3.96. The number of hydrogen-bond acceptors (Lipinski definition) is 3. The van der Waals surface area contributed by atoms with E-state index in [9.17, 15) is 4.79 Å². The number of amides is 1. The van der Waals surface area contributed by atoms with Crippen LogP contribution in [0.25, 0.3) is 10.2 Å². The van der Waals surface area contributed by atoms with Crippen molar-refractivity contribution in [2.75, 3.05) is 13.1 Å². The molecule has 146 valence electrons. The fraction of sp³-hybridized carbons (Fsp3) is 0.417. The summed E-state index contributed by atoms with van der Waals surface area (Å²) < 4.78 is 1.21. The summed E-state index contributed by atoms with van der Waals surface area (Å²) in [4.78, 5) is 19.3. The molecule has 1 aromatic heterocycles. The van der Waals surface area contributed by atoms with Gasteiger partial charge in [-0.05, 0) is 56.2 Å². The fourth-order valence-electron chi connectivity index (χ4n) is 4.00. The van der Waals surface area contributed by atoms with Crippen LogP contribution in [0, 0.1) is 12.8 Å². The zero-order valence-corrected chi connectivity index (χ0v) is 17.4. The Morgan fingerprint density at radius 1 is 1.07 bits per heavy atom. The van der Waals surface area contributed by atoms with Crippen LogP contribution in [-0.2, 0) is 17.6 Å².